The number of rotatable bonds is 7. The second kappa shape index (κ2) is 7.28. The molecule has 17 heavy (non-hydrogen) atoms. The van der Waals surface area contributed by atoms with Gasteiger partial charge in [0, 0.05) is 6.04 Å². The summed E-state index contributed by atoms with van der Waals surface area (Å²) in [5.74, 6) is 0.0427. The molecule has 0 saturated heterocycles. The second-order valence-corrected chi connectivity index (χ2v) is 4.25. The highest BCUT2D eigenvalue weighted by molar-refractivity contribution is 5.29. The van der Waals surface area contributed by atoms with Crippen LogP contribution in [0.5, 0.6) is 5.75 Å². The zero-order valence-corrected chi connectivity index (χ0v) is 10.9. The number of halogens is 1. The summed E-state index contributed by atoms with van der Waals surface area (Å²) in [7, 11) is 3.47. The average Bonchev–Trinajstić information content (AvgIpc) is 2.35. The minimum Gasteiger partial charge on any atom is -0.494 e. The monoisotopic (exact) mass is 239 g/mol. The molecule has 1 aromatic carbocycles. The molecule has 0 aromatic heterocycles. The van der Waals surface area contributed by atoms with Crippen LogP contribution in [0.2, 0.25) is 0 Å². The van der Waals surface area contributed by atoms with Crippen LogP contribution in [0.4, 0.5) is 4.39 Å². The van der Waals surface area contributed by atoms with Crippen molar-refractivity contribution in [2.45, 2.75) is 38.6 Å². The van der Waals surface area contributed by atoms with E-state index in [1.807, 2.05) is 13.1 Å². The molecule has 3 heteroatoms. The summed E-state index contributed by atoms with van der Waals surface area (Å²) in [6, 6.07) is 5.76. The first kappa shape index (κ1) is 14.0. The molecule has 1 aromatic rings. The van der Waals surface area contributed by atoms with Crippen LogP contribution in [0.3, 0.4) is 0 Å². The number of nitrogens with one attached hydrogen (secondary N) is 1. The molecular weight excluding hydrogens is 217 g/mol. The van der Waals surface area contributed by atoms with Gasteiger partial charge >= 0.3 is 0 Å². The van der Waals surface area contributed by atoms with Crippen LogP contribution < -0.4 is 10.1 Å². The van der Waals surface area contributed by atoms with Crippen LogP contribution in [-0.4, -0.2) is 20.2 Å². The van der Waals surface area contributed by atoms with Crippen molar-refractivity contribution in [1.29, 1.82) is 0 Å². The molecule has 1 atom stereocenters. The third kappa shape index (κ3) is 4.35. The molecular formula is C14H22FNO. The Hall–Kier alpha value is -1.09. The number of methoxy groups -OCH3 is 1. The van der Waals surface area contributed by atoms with E-state index in [-0.39, 0.29) is 5.82 Å². The van der Waals surface area contributed by atoms with Gasteiger partial charge in [0.05, 0.1) is 7.11 Å². The van der Waals surface area contributed by atoms with Crippen LogP contribution in [0.1, 0.15) is 31.7 Å². The zero-order chi connectivity index (χ0) is 12.7. The van der Waals surface area contributed by atoms with Crippen molar-refractivity contribution in [2.24, 2.45) is 0 Å². The van der Waals surface area contributed by atoms with Gasteiger partial charge in [-0.2, -0.15) is 0 Å². The van der Waals surface area contributed by atoms with Gasteiger partial charge in [0.15, 0.2) is 11.6 Å². The standard InChI is InChI=1S/C14H22FNO/c1-4-12(16-2)7-5-6-11-8-9-14(17-3)13(15)10-11/h8-10,12,16H,4-7H2,1-3H3. The van der Waals surface area contributed by atoms with Crippen LogP contribution >= 0.6 is 0 Å². The summed E-state index contributed by atoms with van der Waals surface area (Å²) in [6.45, 7) is 2.17. The number of hydrogen-bond donors (Lipinski definition) is 1. The Bertz CT molecular complexity index is 337. The molecule has 0 heterocycles. The Morgan fingerprint density at radius 3 is 2.71 bits per heavy atom. The summed E-state index contributed by atoms with van der Waals surface area (Å²) in [5, 5.41) is 3.27. The Morgan fingerprint density at radius 2 is 2.18 bits per heavy atom. The third-order valence-electron chi connectivity index (χ3n) is 3.14. The van der Waals surface area contributed by atoms with Crippen molar-refractivity contribution in [1.82, 2.24) is 5.32 Å². The molecule has 0 amide bonds. The fourth-order valence-electron chi connectivity index (χ4n) is 1.97. The minimum atomic E-state index is -0.273. The molecule has 0 spiro atoms. The largest absolute Gasteiger partial charge is 0.494 e. The first-order chi connectivity index (χ1) is 8.21. The highest BCUT2D eigenvalue weighted by Crippen LogP contribution is 2.19. The van der Waals surface area contributed by atoms with E-state index >= 15 is 0 Å². The van der Waals surface area contributed by atoms with Gasteiger partial charge in [-0.3, -0.25) is 0 Å². The number of aryl methyl sites for hydroxylation is 1. The van der Waals surface area contributed by atoms with E-state index in [0.29, 0.717) is 11.8 Å². The second-order valence-electron chi connectivity index (χ2n) is 4.25. The molecule has 1 rings (SSSR count). The van der Waals surface area contributed by atoms with Gasteiger partial charge in [0.2, 0.25) is 0 Å². The van der Waals surface area contributed by atoms with Gasteiger partial charge in [-0.05, 0) is 50.4 Å². The zero-order valence-electron chi connectivity index (χ0n) is 10.9. The van der Waals surface area contributed by atoms with Crippen LogP contribution in [0, 0.1) is 5.82 Å². The maximum atomic E-state index is 13.4. The van der Waals surface area contributed by atoms with Crippen molar-refractivity contribution in [3.8, 4) is 5.75 Å². The fourth-order valence-corrected chi connectivity index (χ4v) is 1.97. The predicted molar refractivity (Wildman–Crippen MR) is 69.0 cm³/mol. The highest BCUT2D eigenvalue weighted by atomic mass is 19.1. The van der Waals surface area contributed by atoms with Crippen molar-refractivity contribution in [3.63, 3.8) is 0 Å². The van der Waals surface area contributed by atoms with Crippen molar-refractivity contribution in [3.05, 3.63) is 29.6 Å². The fraction of sp³-hybridized carbons (Fsp3) is 0.571. The van der Waals surface area contributed by atoms with Gasteiger partial charge in [0.25, 0.3) is 0 Å². The molecule has 0 saturated carbocycles. The first-order valence-corrected chi connectivity index (χ1v) is 6.21. The minimum absolute atomic E-state index is 0.273. The molecule has 0 aliphatic carbocycles. The third-order valence-corrected chi connectivity index (χ3v) is 3.14. The maximum absolute atomic E-state index is 13.4. The number of hydrogen-bond acceptors (Lipinski definition) is 2. The summed E-state index contributed by atoms with van der Waals surface area (Å²) in [5.41, 5.74) is 1.04. The van der Waals surface area contributed by atoms with Crippen LogP contribution in [0.25, 0.3) is 0 Å². The van der Waals surface area contributed by atoms with E-state index in [2.05, 4.69) is 12.2 Å². The molecule has 0 aliphatic heterocycles. The Kier molecular flexibility index (Phi) is 5.98. The topological polar surface area (TPSA) is 21.3 Å². The van der Waals surface area contributed by atoms with Gasteiger partial charge in [-0.25, -0.2) is 4.39 Å². The van der Waals surface area contributed by atoms with Crippen LogP contribution in [0.15, 0.2) is 18.2 Å². The molecule has 96 valence electrons. The molecule has 2 nitrogen and oxygen atoms in total. The summed E-state index contributed by atoms with van der Waals surface area (Å²) >= 11 is 0. The van der Waals surface area contributed by atoms with E-state index in [0.717, 1.165) is 31.2 Å². The molecule has 1 N–H and O–H groups in total. The molecule has 0 aliphatic rings. The van der Waals surface area contributed by atoms with Crippen molar-refractivity contribution < 1.29 is 9.13 Å². The lowest BCUT2D eigenvalue weighted by Gasteiger charge is -2.13. The Morgan fingerprint density at radius 1 is 1.41 bits per heavy atom. The number of benzene rings is 1. The van der Waals surface area contributed by atoms with E-state index in [1.165, 1.54) is 7.11 Å². The lowest BCUT2D eigenvalue weighted by molar-refractivity contribution is 0.386. The van der Waals surface area contributed by atoms with Gasteiger partial charge in [-0.15, -0.1) is 0 Å². The van der Waals surface area contributed by atoms with Gasteiger partial charge in [0.1, 0.15) is 0 Å². The van der Waals surface area contributed by atoms with Crippen molar-refractivity contribution >= 4 is 0 Å². The number of ether oxygens (including phenoxy) is 1. The van der Waals surface area contributed by atoms with Crippen molar-refractivity contribution in [2.75, 3.05) is 14.2 Å². The normalized spacial score (nSPS) is 12.5. The maximum Gasteiger partial charge on any atom is 0.165 e. The van der Waals surface area contributed by atoms with Gasteiger partial charge in [-0.1, -0.05) is 13.0 Å². The van der Waals surface area contributed by atoms with Gasteiger partial charge < -0.3 is 10.1 Å². The van der Waals surface area contributed by atoms with E-state index in [9.17, 15) is 4.39 Å². The average molecular weight is 239 g/mol. The smallest absolute Gasteiger partial charge is 0.165 e. The predicted octanol–water partition coefficient (Wildman–Crippen LogP) is 3.16. The quantitative estimate of drug-likeness (QED) is 0.789. The molecule has 0 bridgehead atoms. The molecule has 0 fully saturated rings. The van der Waals surface area contributed by atoms with E-state index < -0.39 is 0 Å². The first-order valence-electron chi connectivity index (χ1n) is 6.21. The molecule has 0 radical (unpaired) electrons. The van der Waals surface area contributed by atoms with E-state index in [4.69, 9.17) is 4.74 Å². The lowest BCUT2D eigenvalue weighted by atomic mass is 10.0. The summed E-state index contributed by atoms with van der Waals surface area (Å²) in [6.07, 6.45) is 4.25. The Labute approximate surface area is 103 Å². The highest BCUT2D eigenvalue weighted by Gasteiger charge is 2.05. The summed E-state index contributed by atoms with van der Waals surface area (Å²) in [4.78, 5) is 0. The lowest BCUT2D eigenvalue weighted by Crippen LogP contribution is -2.23. The van der Waals surface area contributed by atoms with E-state index in [1.54, 1.807) is 12.1 Å². The summed E-state index contributed by atoms with van der Waals surface area (Å²) < 4.78 is 18.3. The SMILES string of the molecule is CCC(CCCc1ccc(OC)c(F)c1)NC. The Balaban J connectivity index is 2.44. The van der Waals surface area contributed by atoms with Crippen LogP contribution in [-0.2, 0) is 6.42 Å². The molecule has 1 unspecified atom stereocenters.